The number of ether oxygens (including phenoxy) is 15. The largest absolute Gasteiger partial charge is 0.394 e. The molecule has 141 heavy (non-hydrogen) atoms. The van der Waals surface area contributed by atoms with Gasteiger partial charge in [-0.2, -0.15) is 0 Å². The summed E-state index contributed by atoms with van der Waals surface area (Å²) in [5, 5.41) is 105. The molecule has 0 aromatic carbocycles. The SMILES string of the molecule is CCCCCCCC/C=C\CCCCCCCC(=O)NC1CC[C@@]2(C)C(CCC3C2CC[C@@]2(C)C3CC[C@@H]2[C@H](C)CCC(=O)N(C)CC(=O)CCCCCCC(=O)NC(COCCC(=O)NCCOCCOCCOC2OC(CO)C(O)C(O)C2C)(COCCC(=O)NCCOCCOCCOC2OC(CO)C(O)C(O)C2C)COCCC(=O)NCCOCCOCCOC2OC(CO)C(O)C(O)C2C)C1. The fourth-order valence-corrected chi connectivity index (χ4v) is 22.0. The summed E-state index contributed by atoms with van der Waals surface area (Å²) >= 11 is 0. The number of unbranched alkanes of at least 4 members (excludes halogenated alkanes) is 14. The Hall–Kier alpha value is -4.73. The number of aliphatic hydroxyl groups is 9. The molecule has 0 spiro atoms. The highest BCUT2D eigenvalue weighted by Crippen LogP contribution is 2.68. The maximum absolute atomic E-state index is 14.2. The molecule has 14 N–H and O–H groups in total. The number of nitrogens with zero attached hydrogens (tertiary/aromatic N) is 1. The van der Waals surface area contributed by atoms with Crippen molar-refractivity contribution in [3.05, 3.63) is 12.2 Å². The van der Waals surface area contributed by atoms with Gasteiger partial charge in [0.25, 0.3) is 0 Å². The fraction of sp³-hybridized carbons (Fsp3) is 0.913. The van der Waals surface area contributed by atoms with Crippen LogP contribution in [-0.2, 0) is 105 Å². The van der Waals surface area contributed by atoms with E-state index in [2.05, 4.69) is 66.4 Å². The van der Waals surface area contributed by atoms with E-state index in [1.807, 2.05) is 0 Å². The molecule has 3 heterocycles. The summed E-state index contributed by atoms with van der Waals surface area (Å²) in [4.78, 5) is 95.9. The van der Waals surface area contributed by atoms with Crippen molar-refractivity contribution in [2.24, 2.45) is 64.1 Å². The molecule has 0 radical (unpaired) electrons. The monoisotopic (exact) mass is 2020 g/mol. The molecule has 24 atom stereocenters. The van der Waals surface area contributed by atoms with Gasteiger partial charge in [0.05, 0.1) is 183 Å². The zero-order chi connectivity index (χ0) is 102. The van der Waals surface area contributed by atoms with Gasteiger partial charge in [0.2, 0.25) is 35.4 Å². The lowest BCUT2D eigenvalue weighted by atomic mass is 9.44. The molecule has 0 bridgehead atoms. The Labute approximate surface area is 839 Å². The van der Waals surface area contributed by atoms with Gasteiger partial charge in [0.1, 0.15) is 42.2 Å². The van der Waals surface area contributed by atoms with Crippen molar-refractivity contribution in [2.45, 2.75) is 352 Å². The summed E-state index contributed by atoms with van der Waals surface area (Å²) in [6.45, 7) is 15.5. The first-order valence-electron chi connectivity index (χ1n) is 53.8. The molecule has 6 amide bonds. The van der Waals surface area contributed by atoms with Crippen molar-refractivity contribution < 1.29 is 151 Å². The minimum atomic E-state index is -1.42. The first kappa shape index (κ1) is 123. The van der Waals surface area contributed by atoms with Crippen LogP contribution in [0.2, 0.25) is 0 Å². The van der Waals surface area contributed by atoms with Crippen molar-refractivity contribution in [1.82, 2.24) is 31.5 Å². The number of Topliss-reactive ketones (excluding diaryl/α,β-unsaturated/α-hetero) is 1. The predicted molar refractivity (Wildman–Crippen MR) is 525 cm³/mol. The van der Waals surface area contributed by atoms with Gasteiger partial charge < -0.3 is 148 Å². The van der Waals surface area contributed by atoms with E-state index in [1.54, 1.807) is 32.7 Å². The summed E-state index contributed by atoms with van der Waals surface area (Å²) in [5.74, 6) is 0.804. The average Bonchev–Trinajstić information content (AvgIpc) is 1.63. The molecular formula is C104H186N6O31. The van der Waals surface area contributed by atoms with Crippen molar-refractivity contribution >= 4 is 41.2 Å². The minimum absolute atomic E-state index is 0.0223. The number of rotatable bonds is 78. The van der Waals surface area contributed by atoms with Crippen LogP contribution >= 0.6 is 0 Å². The van der Waals surface area contributed by atoms with Crippen LogP contribution in [0.5, 0.6) is 0 Å². The molecule has 7 fully saturated rings. The smallest absolute Gasteiger partial charge is 0.222 e. The Balaban J connectivity index is 0.837. The van der Waals surface area contributed by atoms with Crippen LogP contribution in [-0.4, -0.2) is 369 Å². The second kappa shape index (κ2) is 69.5. The molecule has 7 rings (SSSR count). The maximum atomic E-state index is 14.2. The topological polar surface area (TPSA) is 503 Å². The summed E-state index contributed by atoms with van der Waals surface area (Å²) in [6.07, 6.45) is 23.3. The Kier molecular flexibility index (Phi) is 60.8. The molecule has 818 valence electrons. The number of hydrogen-bond donors (Lipinski definition) is 14. The first-order valence-corrected chi connectivity index (χ1v) is 53.8. The molecule has 4 aliphatic carbocycles. The summed E-state index contributed by atoms with van der Waals surface area (Å²) < 4.78 is 86.1. The molecule has 20 unspecified atom stereocenters. The van der Waals surface area contributed by atoms with Crippen LogP contribution in [0.25, 0.3) is 0 Å². The average molecular weight is 2020 g/mol. The zero-order valence-electron chi connectivity index (χ0n) is 86.7. The molecule has 0 aromatic heterocycles. The lowest BCUT2D eigenvalue weighted by molar-refractivity contribution is -0.284. The molecule has 37 nitrogen and oxygen atoms in total. The molecule has 3 aliphatic heterocycles. The van der Waals surface area contributed by atoms with E-state index in [-0.39, 0.29) is 250 Å². The number of carbonyl (C=O) groups excluding carboxylic acids is 7. The number of allylic oxidation sites excluding steroid dienone is 2. The molecule has 7 aliphatic rings. The third kappa shape index (κ3) is 43.8. The van der Waals surface area contributed by atoms with Crippen LogP contribution in [0.4, 0.5) is 0 Å². The number of nitrogens with one attached hydrogen (secondary N) is 5. The highest BCUT2D eigenvalue weighted by Gasteiger charge is 2.61. The number of carbonyl (C=O) groups is 7. The number of likely N-dealkylation sites (N-methyl/N-ethyl adjacent to an activating group) is 1. The summed E-state index contributed by atoms with van der Waals surface area (Å²) in [5.41, 5.74) is -0.876. The van der Waals surface area contributed by atoms with E-state index in [4.69, 9.17) is 71.1 Å². The first-order chi connectivity index (χ1) is 68.0. The van der Waals surface area contributed by atoms with Crippen molar-refractivity contribution in [2.75, 3.05) is 192 Å². The van der Waals surface area contributed by atoms with Crippen LogP contribution in [0.1, 0.15) is 267 Å². The van der Waals surface area contributed by atoms with Crippen molar-refractivity contribution in [3.8, 4) is 0 Å². The summed E-state index contributed by atoms with van der Waals surface area (Å²) in [7, 11) is 1.72. The van der Waals surface area contributed by atoms with E-state index >= 15 is 0 Å². The quantitative estimate of drug-likeness (QED) is 0.0221. The minimum Gasteiger partial charge on any atom is -0.394 e. The van der Waals surface area contributed by atoms with E-state index in [1.165, 1.54) is 116 Å². The Morgan fingerprint density at radius 2 is 0.809 bits per heavy atom. The standard InChI is InChI=1S/C104H186N6O31/c1-9-10-11-12-13-14-15-16-17-18-19-20-21-22-26-29-90(118)108-78-37-42-102(6)77(65-78)32-33-80-82-35-34-81(103(82,7)43-38-83(80)102)73(2)31-36-92(120)110(8)66-79(114)28-25-23-24-27-30-91(119)109-104(70-133-47-39-87(115)105-44-50-127-53-56-130-59-62-136-99-74(3)93(121)96(124)84(67-111)139-99,71-134-48-40-88(116)106-45-51-128-54-57-131-60-63-137-100-75(4)94(122)97(125)85(68-112)140-100)72-135-49-41-89(117)107-46-52-129-55-58-132-61-64-138-101-76(5)95(123)98(126)86(69-113)141-101/h16-17,73-78,80-86,93-101,111-113,121-126H,9-15,18-72H2,1-8H3,(H,105,115)(H,106,116)(H,107,117)(H,108,118)(H,109,119)/b17-16-/t73-,74?,75?,76?,77?,78?,80?,81-,82?,83?,84?,85?,86?,93?,94?,95?,96?,97?,98?,99?,100?,101?,102+,103-,104?/m1/s1. The van der Waals surface area contributed by atoms with Crippen LogP contribution in [0.15, 0.2) is 12.2 Å². The van der Waals surface area contributed by atoms with Gasteiger partial charge in [0.15, 0.2) is 24.7 Å². The Morgan fingerprint density at radius 3 is 1.25 bits per heavy atom. The van der Waals surface area contributed by atoms with Crippen molar-refractivity contribution in [1.29, 1.82) is 0 Å². The lowest BCUT2D eigenvalue weighted by Gasteiger charge is -2.61. The van der Waals surface area contributed by atoms with E-state index in [9.17, 15) is 79.5 Å². The Morgan fingerprint density at radius 1 is 0.418 bits per heavy atom. The second-order valence-electron chi connectivity index (χ2n) is 41.2. The van der Waals surface area contributed by atoms with E-state index in [0.29, 0.717) is 73.5 Å². The van der Waals surface area contributed by atoms with Gasteiger partial charge in [-0.3, -0.25) is 33.6 Å². The van der Waals surface area contributed by atoms with E-state index < -0.39 is 117 Å². The molecule has 4 saturated carbocycles. The molecule has 3 saturated heterocycles. The van der Waals surface area contributed by atoms with Gasteiger partial charge in [-0.1, -0.05) is 125 Å². The molecule has 0 aromatic rings. The normalized spacial score (nSPS) is 29.4. The highest BCUT2D eigenvalue weighted by molar-refractivity contribution is 5.86. The van der Waals surface area contributed by atoms with Crippen molar-refractivity contribution in [3.63, 3.8) is 0 Å². The number of ketones is 1. The van der Waals surface area contributed by atoms with Crippen LogP contribution in [0.3, 0.4) is 0 Å². The van der Waals surface area contributed by atoms with Crippen LogP contribution in [0, 0.1) is 64.1 Å². The number of fused-ring (bicyclic) bond motifs is 5. The maximum Gasteiger partial charge on any atom is 0.222 e. The predicted octanol–water partition coefficient (Wildman–Crippen LogP) is 6.75. The third-order valence-corrected chi connectivity index (χ3v) is 30.6. The molecule has 37 heteroatoms. The van der Waals surface area contributed by atoms with Gasteiger partial charge in [-0.05, 0) is 155 Å². The fourth-order valence-electron chi connectivity index (χ4n) is 22.0. The summed E-state index contributed by atoms with van der Waals surface area (Å²) in [6, 6.07) is 0.284. The third-order valence-electron chi connectivity index (χ3n) is 30.6. The highest BCUT2D eigenvalue weighted by atomic mass is 16.7. The number of amides is 6. The number of hydrogen-bond acceptors (Lipinski definition) is 31. The van der Waals surface area contributed by atoms with Gasteiger partial charge in [0, 0.05) is 95.4 Å². The van der Waals surface area contributed by atoms with Crippen LogP contribution < -0.4 is 26.6 Å². The zero-order valence-corrected chi connectivity index (χ0v) is 86.7. The van der Waals surface area contributed by atoms with Gasteiger partial charge in [-0.15, -0.1) is 0 Å². The second-order valence-corrected chi connectivity index (χ2v) is 41.2. The number of aliphatic hydroxyl groups excluding tert-OH is 9. The lowest BCUT2D eigenvalue weighted by Crippen LogP contribution is -2.58. The van der Waals surface area contributed by atoms with Gasteiger partial charge in [-0.25, -0.2) is 0 Å². The molecular weight excluding hydrogens is 1830 g/mol. The Bertz CT molecular complexity index is 3270. The van der Waals surface area contributed by atoms with Gasteiger partial charge >= 0.3 is 0 Å². The van der Waals surface area contributed by atoms with E-state index in [0.717, 1.165) is 38.0 Å².